The van der Waals surface area contributed by atoms with Crippen LogP contribution < -0.4 is 20.3 Å². The van der Waals surface area contributed by atoms with Crippen LogP contribution in [-0.2, 0) is 7.05 Å². The highest BCUT2D eigenvalue weighted by atomic mass is 16.5. The van der Waals surface area contributed by atoms with E-state index in [0.29, 0.717) is 29.5 Å². The van der Waals surface area contributed by atoms with Gasteiger partial charge in [0.05, 0.1) is 18.2 Å². The lowest BCUT2D eigenvalue weighted by Gasteiger charge is -2.15. The number of ether oxygens (including phenoxy) is 2. The SMILES string of the molecule is COc1ccc2cc(-c3ccc(OCC(O)CNC(C)C)cc3)n(C)c(=O)c2c1. The van der Waals surface area contributed by atoms with Gasteiger partial charge in [-0.1, -0.05) is 19.9 Å². The fraction of sp³-hybridized carbons (Fsp3) is 0.348. The average Bonchev–Trinajstić information content (AvgIpc) is 2.73. The molecule has 0 aliphatic rings. The van der Waals surface area contributed by atoms with E-state index in [4.69, 9.17) is 9.47 Å². The zero-order valence-corrected chi connectivity index (χ0v) is 17.3. The van der Waals surface area contributed by atoms with Gasteiger partial charge in [0.1, 0.15) is 24.2 Å². The third-order valence-corrected chi connectivity index (χ3v) is 4.80. The Morgan fingerprint density at radius 2 is 1.76 bits per heavy atom. The molecule has 3 aromatic rings. The maximum atomic E-state index is 12.8. The van der Waals surface area contributed by atoms with E-state index in [1.165, 1.54) is 0 Å². The van der Waals surface area contributed by atoms with E-state index >= 15 is 0 Å². The first-order chi connectivity index (χ1) is 13.9. The molecular formula is C23H28N2O4. The standard InChI is InChI=1S/C23H28N2O4/c1-15(2)24-13-18(26)14-29-19-8-5-16(6-9-19)22-11-17-7-10-20(28-4)12-21(17)23(27)25(22)3/h5-12,15,18,24,26H,13-14H2,1-4H3. The molecule has 2 N–H and O–H groups in total. The molecule has 1 heterocycles. The maximum Gasteiger partial charge on any atom is 0.258 e. The number of hydrogen-bond donors (Lipinski definition) is 2. The number of methoxy groups -OCH3 is 1. The number of rotatable bonds is 8. The second-order valence-corrected chi connectivity index (χ2v) is 7.40. The first-order valence-corrected chi connectivity index (χ1v) is 9.71. The van der Waals surface area contributed by atoms with Crippen molar-refractivity contribution in [1.82, 2.24) is 9.88 Å². The Hall–Kier alpha value is -2.83. The number of fused-ring (bicyclic) bond motifs is 1. The first-order valence-electron chi connectivity index (χ1n) is 9.71. The van der Waals surface area contributed by atoms with E-state index < -0.39 is 6.10 Å². The Bertz CT molecular complexity index is 1030. The zero-order chi connectivity index (χ0) is 21.0. The molecule has 2 aromatic carbocycles. The summed E-state index contributed by atoms with van der Waals surface area (Å²) in [7, 11) is 3.35. The summed E-state index contributed by atoms with van der Waals surface area (Å²) >= 11 is 0. The van der Waals surface area contributed by atoms with Gasteiger partial charge in [0.15, 0.2) is 0 Å². The number of pyridine rings is 1. The van der Waals surface area contributed by atoms with Crippen molar-refractivity contribution < 1.29 is 14.6 Å². The van der Waals surface area contributed by atoms with Gasteiger partial charge in [-0.05, 0) is 53.4 Å². The normalized spacial score (nSPS) is 12.3. The van der Waals surface area contributed by atoms with Gasteiger partial charge in [-0.2, -0.15) is 0 Å². The van der Waals surface area contributed by atoms with Crippen molar-refractivity contribution in [3.63, 3.8) is 0 Å². The highest BCUT2D eigenvalue weighted by Gasteiger charge is 2.10. The summed E-state index contributed by atoms with van der Waals surface area (Å²) in [5.74, 6) is 1.34. The molecule has 0 saturated heterocycles. The molecule has 0 bridgehead atoms. The molecule has 0 radical (unpaired) electrons. The van der Waals surface area contributed by atoms with Crippen LogP contribution in [-0.4, -0.2) is 42.1 Å². The molecule has 154 valence electrons. The fourth-order valence-corrected chi connectivity index (χ4v) is 3.13. The zero-order valence-electron chi connectivity index (χ0n) is 17.3. The number of hydrogen-bond acceptors (Lipinski definition) is 5. The summed E-state index contributed by atoms with van der Waals surface area (Å²) < 4.78 is 12.5. The lowest BCUT2D eigenvalue weighted by Crippen LogP contribution is -2.35. The van der Waals surface area contributed by atoms with Gasteiger partial charge in [-0.25, -0.2) is 0 Å². The van der Waals surface area contributed by atoms with Crippen LogP contribution >= 0.6 is 0 Å². The van der Waals surface area contributed by atoms with E-state index in [-0.39, 0.29) is 12.2 Å². The van der Waals surface area contributed by atoms with Crippen LogP contribution in [0.4, 0.5) is 0 Å². The molecule has 1 atom stereocenters. The topological polar surface area (TPSA) is 72.7 Å². The van der Waals surface area contributed by atoms with Crippen molar-refractivity contribution in [2.45, 2.75) is 26.0 Å². The monoisotopic (exact) mass is 396 g/mol. The van der Waals surface area contributed by atoms with Crippen molar-refractivity contribution >= 4 is 10.8 Å². The number of nitrogens with zero attached hydrogens (tertiary/aromatic N) is 1. The number of aliphatic hydroxyl groups is 1. The van der Waals surface area contributed by atoms with Crippen LogP contribution in [0, 0.1) is 0 Å². The molecule has 3 rings (SSSR count). The summed E-state index contributed by atoms with van der Waals surface area (Å²) in [6, 6.07) is 15.3. The van der Waals surface area contributed by atoms with Crippen LogP contribution in [0.1, 0.15) is 13.8 Å². The van der Waals surface area contributed by atoms with Gasteiger partial charge in [-0.3, -0.25) is 4.79 Å². The van der Waals surface area contributed by atoms with Crippen LogP contribution in [0.25, 0.3) is 22.0 Å². The van der Waals surface area contributed by atoms with Crippen LogP contribution in [0.2, 0.25) is 0 Å². The van der Waals surface area contributed by atoms with Gasteiger partial charge in [0, 0.05) is 19.6 Å². The molecule has 0 aliphatic heterocycles. The first kappa shape index (κ1) is 20.9. The number of aromatic nitrogens is 1. The summed E-state index contributed by atoms with van der Waals surface area (Å²) in [5.41, 5.74) is 1.66. The van der Waals surface area contributed by atoms with E-state index in [1.54, 1.807) is 24.8 Å². The second-order valence-electron chi connectivity index (χ2n) is 7.40. The second kappa shape index (κ2) is 9.11. The molecule has 6 heteroatoms. The Balaban J connectivity index is 1.78. The predicted molar refractivity (Wildman–Crippen MR) is 116 cm³/mol. The van der Waals surface area contributed by atoms with Gasteiger partial charge >= 0.3 is 0 Å². The Morgan fingerprint density at radius 1 is 1.07 bits per heavy atom. The van der Waals surface area contributed by atoms with Crippen molar-refractivity contribution in [1.29, 1.82) is 0 Å². The third kappa shape index (κ3) is 4.96. The minimum atomic E-state index is -0.574. The number of nitrogens with one attached hydrogen (secondary N) is 1. The van der Waals surface area contributed by atoms with Crippen LogP contribution in [0.15, 0.2) is 53.3 Å². The fourth-order valence-electron chi connectivity index (χ4n) is 3.13. The maximum absolute atomic E-state index is 12.8. The van der Waals surface area contributed by atoms with Crippen molar-refractivity contribution in [3.05, 3.63) is 58.9 Å². The largest absolute Gasteiger partial charge is 0.497 e. The minimum Gasteiger partial charge on any atom is -0.497 e. The Morgan fingerprint density at radius 3 is 2.41 bits per heavy atom. The van der Waals surface area contributed by atoms with E-state index in [9.17, 15) is 9.90 Å². The Kier molecular flexibility index (Phi) is 6.56. The van der Waals surface area contributed by atoms with Gasteiger partial charge < -0.3 is 24.5 Å². The molecule has 0 spiro atoms. The molecule has 6 nitrogen and oxygen atoms in total. The molecule has 1 unspecified atom stereocenters. The molecule has 0 amide bonds. The van der Waals surface area contributed by atoms with Crippen LogP contribution in [0.3, 0.4) is 0 Å². The molecule has 0 aliphatic carbocycles. The predicted octanol–water partition coefficient (Wildman–Crippen LogP) is 2.95. The van der Waals surface area contributed by atoms with E-state index in [0.717, 1.165) is 16.6 Å². The average molecular weight is 396 g/mol. The minimum absolute atomic E-state index is 0.0718. The number of aliphatic hydroxyl groups excluding tert-OH is 1. The van der Waals surface area contributed by atoms with Gasteiger partial charge in [0.2, 0.25) is 0 Å². The van der Waals surface area contributed by atoms with E-state index in [1.807, 2.05) is 56.3 Å². The third-order valence-electron chi connectivity index (χ3n) is 4.80. The lowest BCUT2D eigenvalue weighted by molar-refractivity contribution is 0.104. The molecule has 0 fully saturated rings. The van der Waals surface area contributed by atoms with Gasteiger partial charge in [0.25, 0.3) is 5.56 Å². The van der Waals surface area contributed by atoms with Crippen molar-refractivity contribution in [2.75, 3.05) is 20.3 Å². The van der Waals surface area contributed by atoms with Gasteiger partial charge in [-0.15, -0.1) is 0 Å². The summed E-state index contributed by atoms with van der Waals surface area (Å²) in [5, 5.41) is 14.6. The molecule has 1 aromatic heterocycles. The van der Waals surface area contributed by atoms with E-state index in [2.05, 4.69) is 5.32 Å². The van der Waals surface area contributed by atoms with Crippen molar-refractivity contribution in [3.8, 4) is 22.8 Å². The quantitative estimate of drug-likeness (QED) is 0.613. The summed E-state index contributed by atoms with van der Waals surface area (Å²) in [6.45, 7) is 4.76. The summed E-state index contributed by atoms with van der Waals surface area (Å²) in [4.78, 5) is 12.8. The molecule has 0 saturated carbocycles. The van der Waals surface area contributed by atoms with Crippen LogP contribution in [0.5, 0.6) is 11.5 Å². The smallest absolute Gasteiger partial charge is 0.258 e. The number of benzene rings is 2. The molecule has 29 heavy (non-hydrogen) atoms. The lowest BCUT2D eigenvalue weighted by atomic mass is 10.1. The Labute approximate surface area is 170 Å². The molecular weight excluding hydrogens is 368 g/mol. The van der Waals surface area contributed by atoms with Crippen molar-refractivity contribution in [2.24, 2.45) is 7.05 Å². The highest BCUT2D eigenvalue weighted by molar-refractivity contribution is 5.86. The highest BCUT2D eigenvalue weighted by Crippen LogP contribution is 2.26. The summed E-state index contributed by atoms with van der Waals surface area (Å²) in [6.07, 6.45) is -0.574.